The zero-order valence-corrected chi connectivity index (χ0v) is 9.44. The Hall–Kier alpha value is -0.900. The van der Waals surface area contributed by atoms with E-state index in [1.807, 2.05) is 0 Å². The first-order chi connectivity index (χ1) is 7.16. The summed E-state index contributed by atoms with van der Waals surface area (Å²) in [6.07, 6.45) is 4.36. The van der Waals surface area contributed by atoms with Crippen LogP contribution in [-0.2, 0) is 6.42 Å². The minimum Gasteiger partial charge on any atom is -0.339 e. The van der Waals surface area contributed by atoms with Crippen LogP contribution in [0.1, 0.15) is 50.9 Å². The molecule has 0 aromatic carbocycles. The quantitative estimate of drug-likeness (QED) is 0.806. The van der Waals surface area contributed by atoms with Gasteiger partial charge in [0.1, 0.15) is 0 Å². The molecule has 1 fully saturated rings. The van der Waals surface area contributed by atoms with Crippen molar-refractivity contribution >= 4 is 0 Å². The van der Waals surface area contributed by atoms with E-state index in [0.717, 1.165) is 18.7 Å². The summed E-state index contributed by atoms with van der Waals surface area (Å²) in [7, 11) is 0. The molecule has 84 valence electrons. The lowest BCUT2D eigenvalue weighted by atomic mass is 10.1. The highest BCUT2D eigenvalue weighted by Gasteiger charge is 2.32. The summed E-state index contributed by atoms with van der Waals surface area (Å²) in [6, 6.07) is -0.0125. The van der Waals surface area contributed by atoms with Crippen molar-refractivity contribution in [1.82, 2.24) is 10.1 Å². The summed E-state index contributed by atoms with van der Waals surface area (Å²) in [6.45, 7) is 4.38. The number of hydrogen-bond donors (Lipinski definition) is 1. The van der Waals surface area contributed by atoms with E-state index >= 15 is 0 Å². The fraction of sp³-hybridized carbons (Fsp3) is 0.818. The fourth-order valence-corrected chi connectivity index (χ4v) is 1.58. The Morgan fingerprint density at radius 1 is 1.47 bits per heavy atom. The zero-order chi connectivity index (χ0) is 10.8. The number of aromatic nitrogens is 2. The van der Waals surface area contributed by atoms with E-state index < -0.39 is 0 Å². The Balaban J connectivity index is 1.91. The van der Waals surface area contributed by atoms with Gasteiger partial charge in [-0.1, -0.05) is 19.0 Å². The lowest BCUT2D eigenvalue weighted by molar-refractivity contribution is 0.359. The molecule has 1 unspecified atom stereocenters. The summed E-state index contributed by atoms with van der Waals surface area (Å²) in [4.78, 5) is 4.34. The average molecular weight is 209 g/mol. The van der Waals surface area contributed by atoms with Crippen LogP contribution in [0.3, 0.4) is 0 Å². The van der Waals surface area contributed by atoms with Crippen LogP contribution in [0, 0.1) is 11.8 Å². The molecule has 4 nitrogen and oxygen atoms in total. The summed E-state index contributed by atoms with van der Waals surface area (Å²) in [5.74, 6) is 2.67. The third-order valence-electron chi connectivity index (χ3n) is 2.85. The molecule has 1 aromatic heterocycles. The number of nitrogens with zero attached hydrogens (tertiary/aromatic N) is 2. The minimum atomic E-state index is -0.0125. The fourth-order valence-electron chi connectivity index (χ4n) is 1.58. The normalized spacial score (nSPS) is 18.4. The molecule has 1 aliphatic carbocycles. The van der Waals surface area contributed by atoms with E-state index in [1.54, 1.807) is 0 Å². The zero-order valence-electron chi connectivity index (χ0n) is 9.44. The maximum absolute atomic E-state index is 5.98. The minimum absolute atomic E-state index is 0.0125. The molecule has 1 atom stereocenters. The highest BCUT2D eigenvalue weighted by molar-refractivity contribution is 4.99. The van der Waals surface area contributed by atoms with Crippen LogP contribution in [-0.4, -0.2) is 10.1 Å². The first-order valence-electron chi connectivity index (χ1n) is 5.75. The summed E-state index contributed by atoms with van der Waals surface area (Å²) < 4.78 is 5.17. The van der Waals surface area contributed by atoms with Crippen molar-refractivity contribution in [1.29, 1.82) is 0 Å². The Labute approximate surface area is 90.2 Å². The third kappa shape index (κ3) is 2.78. The summed E-state index contributed by atoms with van der Waals surface area (Å²) in [5, 5.41) is 3.94. The van der Waals surface area contributed by atoms with Gasteiger partial charge in [-0.15, -0.1) is 0 Å². The van der Waals surface area contributed by atoms with Gasteiger partial charge in [-0.2, -0.15) is 4.98 Å². The van der Waals surface area contributed by atoms with Crippen molar-refractivity contribution in [2.75, 3.05) is 0 Å². The van der Waals surface area contributed by atoms with Crippen molar-refractivity contribution in [3.63, 3.8) is 0 Å². The largest absolute Gasteiger partial charge is 0.339 e. The first kappa shape index (κ1) is 10.6. The van der Waals surface area contributed by atoms with E-state index in [-0.39, 0.29) is 6.04 Å². The molecule has 0 radical (unpaired) electrons. The molecule has 2 N–H and O–H groups in total. The van der Waals surface area contributed by atoms with Gasteiger partial charge in [0.05, 0.1) is 6.04 Å². The summed E-state index contributed by atoms with van der Waals surface area (Å²) in [5.41, 5.74) is 5.98. The van der Waals surface area contributed by atoms with Crippen molar-refractivity contribution in [2.45, 2.75) is 45.6 Å². The Morgan fingerprint density at radius 2 is 2.20 bits per heavy atom. The van der Waals surface area contributed by atoms with E-state index in [9.17, 15) is 0 Å². The molecule has 1 aliphatic rings. The van der Waals surface area contributed by atoms with Crippen LogP contribution in [0.15, 0.2) is 4.52 Å². The van der Waals surface area contributed by atoms with Crippen LogP contribution in [0.4, 0.5) is 0 Å². The topological polar surface area (TPSA) is 64.9 Å². The van der Waals surface area contributed by atoms with Gasteiger partial charge in [-0.05, 0) is 31.1 Å². The van der Waals surface area contributed by atoms with Gasteiger partial charge in [0.2, 0.25) is 5.89 Å². The van der Waals surface area contributed by atoms with Crippen molar-refractivity contribution in [3.8, 4) is 0 Å². The number of nitrogens with two attached hydrogens (primary N) is 1. The SMILES string of the molecule is CC(C)CCc1nc(C(N)C2CC2)no1. The molecule has 1 saturated carbocycles. The molecule has 0 amide bonds. The van der Waals surface area contributed by atoms with Crippen molar-refractivity contribution in [2.24, 2.45) is 17.6 Å². The van der Waals surface area contributed by atoms with Gasteiger partial charge >= 0.3 is 0 Å². The Bertz CT molecular complexity index is 317. The van der Waals surface area contributed by atoms with Gasteiger partial charge in [0.15, 0.2) is 5.82 Å². The molecular weight excluding hydrogens is 190 g/mol. The van der Waals surface area contributed by atoms with E-state index in [0.29, 0.717) is 17.7 Å². The van der Waals surface area contributed by atoms with Crippen LogP contribution in [0.25, 0.3) is 0 Å². The molecular formula is C11H19N3O. The summed E-state index contributed by atoms with van der Waals surface area (Å²) >= 11 is 0. The first-order valence-corrected chi connectivity index (χ1v) is 5.75. The molecule has 0 aliphatic heterocycles. The monoisotopic (exact) mass is 209 g/mol. The lowest BCUT2D eigenvalue weighted by Crippen LogP contribution is -2.14. The Morgan fingerprint density at radius 3 is 2.80 bits per heavy atom. The second kappa shape index (κ2) is 4.31. The Kier molecular flexibility index (Phi) is 3.05. The second-order valence-corrected chi connectivity index (χ2v) is 4.84. The molecule has 0 bridgehead atoms. The number of hydrogen-bond acceptors (Lipinski definition) is 4. The third-order valence-corrected chi connectivity index (χ3v) is 2.85. The highest BCUT2D eigenvalue weighted by atomic mass is 16.5. The van der Waals surface area contributed by atoms with Crippen molar-refractivity contribution < 1.29 is 4.52 Å². The highest BCUT2D eigenvalue weighted by Crippen LogP contribution is 2.38. The van der Waals surface area contributed by atoms with Gasteiger partial charge in [-0.3, -0.25) is 0 Å². The van der Waals surface area contributed by atoms with Gasteiger partial charge in [0, 0.05) is 6.42 Å². The van der Waals surface area contributed by atoms with Crippen LogP contribution in [0.2, 0.25) is 0 Å². The standard InChI is InChI=1S/C11H19N3O/c1-7(2)3-6-9-13-11(14-15-9)10(12)8-4-5-8/h7-8,10H,3-6,12H2,1-2H3. The maximum atomic E-state index is 5.98. The molecule has 0 saturated heterocycles. The maximum Gasteiger partial charge on any atom is 0.226 e. The van der Waals surface area contributed by atoms with Gasteiger partial charge < -0.3 is 10.3 Å². The number of rotatable bonds is 5. The smallest absolute Gasteiger partial charge is 0.226 e. The molecule has 0 spiro atoms. The van der Waals surface area contributed by atoms with Gasteiger partial charge in [-0.25, -0.2) is 0 Å². The van der Waals surface area contributed by atoms with Crippen LogP contribution >= 0.6 is 0 Å². The molecule has 4 heteroatoms. The second-order valence-electron chi connectivity index (χ2n) is 4.84. The van der Waals surface area contributed by atoms with E-state index in [1.165, 1.54) is 12.8 Å². The molecule has 2 rings (SSSR count). The average Bonchev–Trinajstić information content (AvgIpc) is 2.93. The van der Waals surface area contributed by atoms with Crippen LogP contribution < -0.4 is 5.73 Å². The predicted molar refractivity (Wildman–Crippen MR) is 57.1 cm³/mol. The van der Waals surface area contributed by atoms with Crippen molar-refractivity contribution in [3.05, 3.63) is 11.7 Å². The predicted octanol–water partition coefficient (Wildman–Crippen LogP) is 2.07. The molecule has 15 heavy (non-hydrogen) atoms. The van der Waals surface area contributed by atoms with Crippen LogP contribution in [0.5, 0.6) is 0 Å². The van der Waals surface area contributed by atoms with E-state index in [4.69, 9.17) is 10.3 Å². The van der Waals surface area contributed by atoms with Gasteiger partial charge in [0.25, 0.3) is 0 Å². The molecule has 1 aromatic rings. The number of aryl methyl sites for hydroxylation is 1. The van der Waals surface area contributed by atoms with E-state index in [2.05, 4.69) is 24.0 Å². The lowest BCUT2D eigenvalue weighted by Gasteiger charge is -2.02. The molecule has 1 heterocycles.